The van der Waals surface area contributed by atoms with Crippen LogP contribution in [0.2, 0.25) is 0 Å². The lowest BCUT2D eigenvalue weighted by Gasteiger charge is -2.02. The molecule has 0 bridgehead atoms. The van der Waals surface area contributed by atoms with Gasteiger partial charge in [-0.1, -0.05) is 18.2 Å². The predicted molar refractivity (Wildman–Crippen MR) is 85.5 cm³/mol. The molecule has 1 N–H and O–H groups in total. The second-order valence-electron chi connectivity index (χ2n) is 5.16. The highest BCUT2D eigenvalue weighted by Gasteiger charge is 2.17. The van der Waals surface area contributed by atoms with Crippen molar-refractivity contribution in [2.45, 2.75) is 6.92 Å². The number of hydrogen-bond acceptors (Lipinski definition) is 3. The van der Waals surface area contributed by atoms with Gasteiger partial charge in [0.1, 0.15) is 5.82 Å². The Labute approximate surface area is 131 Å². The Morgan fingerprint density at radius 3 is 2.74 bits per heavy atom. The first-order valence-corrected chi connectivity index (χ1v) is 6.97. The Hall–Kier alpha value is -3.02. The molecule has 0 spiro atoms. The first-order chi connectivity index (χ1) is 11.0. The molecule has 23 heavy (non-hydrogen) atoms. The van der Waals surface area contributed by atoms with Gasteiger partial charge in [0, 0.05) is 12.6 Å². The molecule has 0 aliphatic carbocycles. The zero-order chi connectivity index (χ0) is 16.6. The van der Waals surface area contributed by atoms with Crippen LogP contribution in [0.5, 0.6) is 0 Å². The predicted octanol–water partition coefficient (Wildman–Crippen LogP) is 3.28. The maximum atomic E-state index is 13.6. The number of aromatic carboxylic acids is 1. The normalized spacial score (nSPS) is 11.4. The molecule has 2 heterocycles. The fraction of sp³-hybridized carbons (Fsp3) is 0.118. The van der Waals surface area contributed by atoms with Crippen molar-refractivity contribution >= 4 is 29.2 Å². The van der Waals surface area contributed by atoms with Crippen molar-refractivity contribution in [2.24, 2.45) is 7.05 Å². The number of fused-ring (bicyclic) bond motifs is 1. The van der Waals surface area contributed by atoms with Gasteiger partial charge in [-0.2, -0.15) is 5.10 Å². The van der Waals surface area contributed by atoms with Crippen molar-refractivity contribution in [3.8, 4) is 0 Å². The molecule has 0 saturated heterocycles. The molecule has 0 aliphatic heterocycles. The molecule has 0 radical (unpaired) electrons. The van der Waals surface area contributed by atoms with Crippen LogP contribution in [0.25, 0.3) is 23.2 Å². The summed E-state index contributed by atoms with van der Waals surface area (Å²) in [4.78, 5) is 15.9. The fourth-order valence-electron chi connectivity index (χ4n) is 2.50. The van der Waals surface area contributed by atoms with Crippen LogP contribution >= 0.6 is 0 Å². The summed E-state index contributed by atoms with van der Waals surface area (Å²) in [6.07, 6.45) is 3.16. The number of carbonyl (C=O) groups is 1. The zero-order valence-corrected chi connectivity index (χ0v) is 12.6. The van der Waals surface area contributed by atoms with Crippen LogP contribution in [-0.2, 0) is 7.05 Å². The molecule has 0 aliphatic rings. The lowest BCUT2D eigenvalue weighted by atomic mass is 10.1. The van der Waals surface area contributed by atoms with E-state index in [-0.39, 0.29) is 11.4 Å². The molecule has 1 aromatic carbocycles. The van der Waals surface area contributed by atoms with E-state index in [1.54, 1.807) is 44.3 Å². The summed E-state index contributed by atoms with van der Waals surface area (Å²) >= 11 is 0. The van der Waals surface area contributed by atoms with Crippen LogP contribution < -0.4 is 0 Å². The van der Waals surface area contributed by atoms with Gasteiger partial charge in [0.25, 0.3) is 0 Å². The quantitative estimate of drug-likeness (QED) is 0.806. The first-order valence-electron chi connectivity index (χ1n) is 6.97. The van der Waals surface area contributed by atoms with E-state index in [1.807, 2.05) is 0 Å². The van der Waals surface area contributed by atoms with Gasteiger partial charge in [0.15, 0.2) is 5.65 Å². The lowest BCUT2D eigenvalue weighted by Crippen LogP contribution is -2.01. The molecule has 3 aromatic rings. The Morgan fingerprint density at radius 1 is 1.30 bits per heavy atom. The molecule has 2 aromatic heterocycles. The maximum Gasteiger partial charge on any atom is 0.336 e. The standard InChI is InChI=1S/C17H14FN3O2/c1-10-15-13(17(22)23)9-12(19-16(15)21(2)20-10)8-7-11-5-3-4-6-14(11)18/h3-9H,1-2H3,(H,22,23)/b8-7+. The third kappa shape index (κ3) is 2.70. The van der Waals surface area contributed by atoms with Gasteiger partial charge in [-0.15, -0.1) is 0 Å². The number of benzene rings is 1. The molecular weight excluding hydrogens is 297 g/mol. The molecule has 0 saturated carbocycles. The van der Waals surface area contributed by atoms with Gasteiger partial charge in [0.05, 0.1) is 22.3 Å². The molecule has 0 unspecified atom stereocenters. The van der Waals surface area contributed by atoms with E-state index in [0.717, 1.165) is 0 Å². The molecule has 5 nitrogen and oxygen atoms in total. The molecular formula is C17H14FN3O2. The average molecular weight is 311 g/mol. The number of halogens is 1. The molecule has 3 rings (SSSR count). The molecule has 6 heteroatoms. The van der Waals surface area contributed by atoms with Crippen molar-refractivity contribution in [1.29, 1.82) is 0 Å². The second kappa shape index (κ2) is 5.64. The van der Waals surface area contributed by atoms with Crippen molar-refractivity contribution < 1.29 is 14.3 Å². The van der Waals surface area contributed by atoms with Crippen molar-refractivity contribution in [3.63, 3.8) is 0 Å². The second-order valence-corrected chi connectivity index (χ2v) is 5.16. The highest BCUT2D eigenvalue weighted by atomic mass is 19.1. The topological polar surface area (TPSA) is 68.0 Å². The van der Waals surface area contributed by atoms with Gasteiger partial charge in [-0.25, -0.2) is 14.2 Å². The third-order valence-corrected chi connectivity index (χ3v) is 3.56. The maximum absolute atomic E-state index is 13.6. The molecule has 0 fully saturated rings. The number of aryl methyl sites for hydroxylation is 2. The monoisotopic (exact) mass is 311 g/mol. The van der Waals surface area contributed by atoms with Gasteiger partial charge in [0.2, 0.25) is 0 Å². The summed E-state index contributed by atoms with van der Waals surface area (Å²) in [6, 6.07) is 7.81. The minimum Gasteiger partial charge on any atom is -0.478 e. The number of aromatic nitrogens is 3. The molecule has 116 valence electrons. The van der Waals surface area contributed by atoms with E-state index in [0.29, 0.717) is 28.0 Å². The summed E-state index contributed by atoms with van der Waals surface area (Å²) in [5, 5.41) is 14.2. The Bertz CT molecular complexity index is 944. The summed E-state index contributed by atoms with van der Waals surface area (Å²) in [5.41, 5.74) is 2.06. The van der Waals surface area contributed by atoms with Crippen molar-refractivity contribution in [2.75, 3.05) is 0 Å². The summed E-state index contributed by atoms with van der Waals surface area (Å²) in [5.74, 6) is -1.39. The zero-order valence-electron chi connectivity index (χ0n) is 12.6. The molecule has 0 amide bonds. The average Bonchev–Trinajstić information content (AvgIpc) is 2.80. The van der Waals surface area contributed by atoms with Crippen LogP contribution in [0.1, 0.15) is 27.3 Å². The Morgan fingerprint density at radius 2 is 2.04 bits per heavy atom. The Kier molecular flexibility index (Phi) is 3.65. The van der Waals surface area contributed by atoms with Crippen LogP contribution in [0, 0.1) is 12.7 Å². The number of nitrogens with zero attached hydrogens (tertiary/aromatic N) is 3. The van der Waals surface area contributed by atoms with E-state index in [2.05, 4.69) is 10.1 Å². The highest BCUT2D eigenvalue weighted by Crippen LogP contribution is 2.23. The lowest BCUT2D eigenvalue weighted by molar-refractivity contribution is 0.0699. The van der Waals surface area contributed by atoms with E-state index >= 15 is 0 Å². The number of carboxylic acid groups (broad SMARTS) is 1. The number of carboxylic acids is 1. The van der Waals surface area contributed by atoms with Gasteiger partial charge >= 0.3 is 5.97 Å². The van der Waals surface area contributed by atoms with E-state index in [9.17, 15) is 14.3 Å². The van der Waals surface area contributed by atoms with E-state index in [1.165, 1.54) is 16.8 Å². The van der Waals surface area contributed by atoms with E-state index in [4.69, 9.17) is 0 Å². The minimum atomic E-state index is -1.05. The number of pyridine rings is 1. The largest absolute Gasteiger partial charge is 0.478 e. The van der Waals surface area contributed by atoms with Crippen molar-refractivity contribution in [1.82, 2.24) is 14.8 Å². The highest BCUT2D eigenvalue weighted by molar-refractivity contribution is 6.03. The first kappa shape index (κ1) is 14.9. The van der Waals surface area contributed by atoms with Gasteiger partial charge in [-0.3, -0.25) is 4.68 Å². The van der Waals surface area contributed by atoms with Crippen molar-refractivity contribution in [3.05, 3.63) is 58.7 Å². The summed E-state index contributed by atoms with van der Waals surface area (Å²) in [7, 11) is 1.71. The molecule has 0 atom stereocenters. The van der Waals surface area contributed by atoms with Gasteiger partial charge in [-0.05, 0) is 31.2 Å². The van der Waals surface area contributed by atoms with Crippen LogP contribution in [0.3, 0.4) is 0 Å². The third-order valence-electron chi connectivity index (χ3n) is 3.56. The van der Waals surface area contributed by atoms with Crippen LogP contribution in [0.4, 0.5) is 4.39 Å². The SMILES string of the molecule is Cc1nn(C)c2nc(/C=C/c3ccccc3F)cc(C(=O)O)c12. The minimum absolute atomic E-state index is 0.133. The summed E-state index contributed by atoms with van der Waals surface area (Å²) in [6.45, 7) is 1.74. The number of hydrogen-bond donors (Lipinski definition) is 1. The van der Waals surface area contributed by atoms with E-state index < -0.39 is 5.97 Å². The van der Waals surface area contributed by atoms with Gasteiger partial charge < -0.3 is 5.11 Å². The fourth-order valence-corrected chi connectivity index (χ4v) is 2.50. The van der Waals surface area contributed by atoms with Crippen LogP contribution in [-0.4, -0.2) is 25.8 Å². The summed E-state index contributed by atoms with van der Waals surface area (Å²) < 4.78 is 15.2. The van der Waals surface area contributed by atoms with Crippen LogP contribution in [0.15, 0.2) is 30.3 Å². The number of rotatable bonds is 3. The Balaban J connectivity index is 2.14. The smallest absolute Gasteiger partial charge is 0.336 e.